The fourth-order valence-electron chi connectivity index (χ4n) is 2.77. The van der Waals surface area contributed by atoms with Gasteiger partial charge in [0.1, 0.15) is 6.10 Å². The smallest absolute Gasteiger partial charge is 0.320 e. The van der Waals surface area contributed by atoms with Crippen LogP contribution in [0.4, 0.5) is 0 Å². The Labute approximate surface area is 97.9 Å². The molecule has 0 aliphatic heterocycles. The molecule has 2 saturated carbocycles. The van der Waals surface area contributed by atoms with Gasteiger partial charge in [0.15, 0.2) is 0 Å². The van der Waals surface area contributed by atoms with Crippen molar-refractivity contribution in [2.75, 3.05) is 6.54 Å². The number of carbonyl (C=O) groups excluding carboxylic acids is 1. The largest absolute Gasteiger partial charge is 0.461 e. The maximum absolute atomic E-state index is 11.6. The Kier molecular flexibility index (Phi) is 4.64. The Morgan fingerprint density at radius 1 is 1.00 bits per heavy atom. The monoisotopic (exact) mass is 225 g/mol. The molecule has 0 aromatic heterocycles. The molecule has 92 valence electrons. The van der Waals surface area contributed by atoms with E-state index < -0.39 is 0 Å². The molecular weight excluding hydrogens is 202 g/mol. The molecule has 0 saturated heterocycles. The van der Waals surface area contributed by atoms with Crippen LogP contribution >= 0.6 is 0 Å². The second-order valence-electron chi connectivity index (χ2n) is 5.11. The summed E-state index contributed by atoms with van der Waals surface area (Å²) >= 11 is 0. The Balaban J connectivity index is 1.59. The second-order valence-corrected chi connectivity index (χ2v) is 5.11. The van der Waals surface area contributed by atoms with E-state index >= 15 is 0 Å². The predicted octanol–water partition coefficient (Wildman–Crippen LogP) is 2.39. The molecule has 0 radical (unpaired) electrons. The molecule has 2 fully saturated rings. The third-order valence-electron chi connectivity index (χ3n) is 3.74. The van der Waals surface area contributed by atoms with Crippen molar-refractivity contribution in [3.8, 4) is 0 Å². The van der Waals surface area contributed by atoms with Gasteiger partial charge in [-0.2, -0.15) is 0 Å². The molecule has 3 heteroatoms. The van der Waals surface area contributed by atoms with E-state index in [2.05, 4.69) is 5.32 Å². The van der Waals surface area contributed by atoms with E-state index in [-0.39, 0.29) is 12.1 Å². The molecule has 16 heavy (non-hydrogen) atoms. The van der Waals surface area contributed by atoms with Gasteiger partial charge in [-0.25, -0.2) is 0 Å². The standard InChI is InChI=1S/C13H23NO2/c15-13(16-12-8-4-5-9-12)10-14-11-6-2-1-3-7-11/h11-12,14H,1-10H2. The molecule has 0 heterocycles. The lowest BCUT2D eigenvalue weighted by atomic mass is 9.95. The minimum atomic E-state index is -0.0579. The lowest BCUT2D eigenvalue weighted by Gasteiger charge is -2.22. The molecular formula is C13H23NO2. The fourth-order valence-corrected chi connectivity index (χ4v) is 2.77. The first-order valence-electron chi connectivity index (χ1n) is 6.77. The van der Waals surface area contributed by atoms with E-state index in [0.29, 0.717) is 12.6 Å². The van der Waals surface area contributed by atoms with E-state index in [0.717, 1.165) is 12.8 Å². The number of rotatable bonds is 4. The van der Waals surface area contributed by atoms with E-state index in [9.17, 15) is 4.79 Å². The molecule has 0 amide bonds. The van der Waals surface area contributed by atoms with Gasteiger partial charge in [-0.3, -0.25) is 4.79 Å². The number of hydrogen-bond acceptors (Lipinski definition) is 3. The van der Waals surface area contributed by atoms with Gasteiger partial charge in [-0.15, -0.1) is 0 Å². The number of nitrogens with one attached hydrogen (secondary N) is 1. The molecule has 2 rings (SSSR count). The van der Waals surface area contributed by atoms with Crippen molar-refractivity contribution in [1.82, 2.24) is 5.32 Å². The van der Waals surface area contributed by atoms with Crippen molar-refractivity contribution >= 4 is 5.97 Å². The number of ether oxygens (including phenoxy) is 1. The minimum Gasteiger partial charge on any atom is -0.461 e. The SMILES string of the molecule is O=C(CNC1CCCCC1)OC1CCCC1. The van der Waals surface area contributed by atoms with E-state index in [4.69, 9.17) is 4.74 Å². The van der Waals surface area contributed by atoms with Gasteiger partial charge in [-0.05, 0) is 38.5 Å². The molecule has 0 atom stereocenters. The summed E-state index contributed by atoms with van der Waals surface area (Å²) < 4.78 is 5.40. The molecule has 0 aromatic rings. The summed E-state index contributed by atoms with van der Waals surface area (Å²) in [7, 11) is 0. The molecule has 0 unspecified atom stereocenters. The van der Waals surface area contributed by atoms with Crippen molar-refractivity contribution in [2.45, 2.75) is 69.9 Å². The number of carbonyl (C=O) groups is 1. The third-order valence-corrected chi connectivity index (χ3v) is 3.74. The van der Waals surface area contributed by atoms with Gasteiger partial charge >= 0.3 is 5.97 Å². The fraction of sp³-hybridized carbons (Fsp3) is 0.923. The zero-order chi connectivity index (χ0) is 11.2. The van der Waals surface area contributed by atoms with Crippen LogP contribution in [0.1, 0.15) is 57.8 Å². The normalized spacial score (nSPS) is 23.5. The predicted molar refractivity (Wildman–Crippen MR) is 63.2 cm³/mol. The van der Waals surface area contributed by atoms with Crippen LogP contribution in [0.15, 0.2) is 0 Å². The molecule has 2 aliphatic carbocycles. The lowest BCUT2D eigenvalue weighted by molar-refractivity contribution is -0.147. The molecule has 2 aliphatic rings. The molecule has 1 N–H and O–H groups in total. The summed E-state index contributed by atoms with van der Waals surface area (Å²) in [5.74, 6) is -0.0579. The van der Waals surface area contributed by atoms with Crippen molar-refractivity contribution in [2.24, 2.45) is 0 Å². The topological polar surface area (TPSA) is 38.3 Å². The molecule has 3 nitrogen and oxygen atoms in total. The first kappa shape index (κ1) is 11.9. The lowest BCUT2D eigenvalue weighted by Crippen LogP contribution is -2.36. The van der Waals surface area contributed by atoms with Crippen molar-refractivity contribution < 1.29 is 9.53 Å². The van der Waals surface area contributed by atoms with Crippen LogP contribution in [0.25, 0.3) is 0 Å². The molecule has 0 spiro atoms. The van der Waals surface area contributed by atoms with E-state index in [1.807, 2.05) is 0 Å². The summed E-state index contributed by atoms with van der Waals surface area (Å²) in [6.07, 6.45) is 11.2. The quantitative estimate of drug-likeness (QED) is 0.747. The van der Waals surface area contributed by atoms with Crippen LogP contribution in [0.2, 0.25) is 0 Å². The summed E-state index contributed by atoms with van der Waals surface area (Å²) in [5.41, 5.74) is 0. The van der Waals surface area contributed by atoms with Crippen LogP contribution < -0.4 is 5.32 Å². The second kappa shape index (κ2) is 6.24. The summed E-state index contributed by atoms with van der Waals surface area (Å²) in [5, 5.41) is 3.32. The third kappa shape index (κ3) is 3.78. The Hall–Kier alpha value is -0.570. The van der Waals surface area contributed by atoms with Crippen molar-refractivity contribution in [1.29, 1.82) is 0 Å². The number of hydrogen-bond donors (Lipinski definition) is 1. The zero-order valence-electron chi connectivity index (χ0n) is 10.0. The van der Waals surface area contributed by atoms with Crippen LogP contribution in [0.5, 0.6) is 0 Å². The van der Waals surface area contributed by atoms with E-state index in [1.165, 1.54) is 44.9 Å². The summed E-state index contributed by atoms with van der Waals surface area (Å²) in [4.78, 5) is 11.6. The molecule has 0 bridgehead atoms. The average molecular weight is 225 g/mol. The van der Waals surface area contributed by atoms with Gasteiger partial charge in [0.25, 0.3) is 0 Å². The van der Waals surface area contributed by atoms with Crippen molar-refractivity contribution in [3.05, 3.63) is 0 Å². The first-order chi connectivity index (χ1) is 7.84. The van der Waals surface area contributed by atoms with Gasteiger partial charge in [-0.1, -0.05) is 19.3 Å². The van der Waals surface area contributed by atoms with Crippen LogP contribution in [-0.4, -0.2) is 24.7 Å². The van der Waals surface area contributed by atoms with Crippen molar-refractivity contribution in [3.63, 3.8) is 0 Å². The van der Waals surface area contributed by atoms with Crippen LogP contribution in [0, 0.1) is 0 Å². The van der Waals surface area contributed by atoms with Crippen LogP contribution in [0.3, 0.4) is 0 Å². The summed E-state index contributed by atoms with van der Waals surface area (Å²) in [6, 6.07) is 0.546. The highest BCUT2D eigenvalue weighted by molar-refractivity contribution is 5.71. The van der Waals surface area contributed by atoms with Crippen LogP contribution in [-0.2, 0) is 9.53 Å². The van der Waals surface area contributed by atoms with E-state index in [1.54, 1.807) is 0 Å². The highest BCUT2D eigenvalue weighted by Gasteiger charge is 2.20. The Morgan fingerprint density at radius 2 is 1.62 bits per heavy atom. The highest BCUT2D eigenvalue weighted by Crippen LogP contribution is 2.21. The zero-order valence-corrected chi connectivity index (χ0v) is 10.0. The average Bonchev–Trinajstić information content (AvgIpc) is 2.81. The van der Waals surface area contributed by atoms with Gasteiger partial charge in [0.2, 0.25) is 0 Å². The minimum absolute atomic E-state index is 0.0579. The maximum Gasteiger partial charge on any atom is 0.320 e. The highest BCUT2D eigenvalue weighted by atomic mass is 16.5. The molecule has 0 aromatic carbocycles. The van der Waals surface area contributed by atoms with Gasteiger partial charge < -0.3 is 10.1 Å². The maximum atomic E-state index is 11.6. The Morgan fingerprint density at radius 3 is 2.31 bits per heavy atom. The summed E-state index contributed by atoms with van der Waals surface area (Å²) in [6.45, 7) is 0.404. The first-order valence-corrected chi connectivity index (χ1v) is 6.77. The van der Waals surface area contributed by atoms with Gasteiger partial charge in [0, 0.05) is 6.04 Å². The van der Waals surface area contributed by atoms with Gasteiger partial charge in [0.05, 0.1) is 6.54 Å². The number of esters is 1. The Bertz CT molecular complexity index is 218.